The number of carbonyl (C=O) groups is 2. The Kier molecular flexibility index (Phi) is 5.46. The van der Waals surface area contributed by atoms with Crippen LogP contribution in [0, 0.1) is 0 Å². The molecule has 2 amide bonds. The van der Waals surface area contributed by atoms with Gasteiger partial charge in [-0.15, -0.1) is 0 Å². The molecule has 1 unspecified atom stereocenters. The lowest BCUT2D eigenvalue weighted by molar-refractivity contribution is -0.128. The Morgan fingerprint density at radius 3 is 2.73 bits per heavy atom. The van der Waals surface area contributed by atoms with Gasteiger partial charge in [-0.25, -0.2) is 0 Å². The molecule has 1 heterocycles. The van der Waals surface area contributed by atoms with Crippen LogP contribution in [0.4, 0.5) is 0 Å². The van der Waals surface area contributed by atoms with Crippen molar-refractivity contribution < 1.29 is 14.3 Å². The molecule has 0 saturated carbocycles. The van der Waals surface area contributed by atoms with E-state index in [0.717, 1.165) is 0 Å². The lowest BCUT2D eigenvalue weighted by Gasteiger charge is -2.16. The van der Waals surface area contributed by atoms with Gasteiger partial charge in [0.25, 0.3) is 11.8 Å². The van der Waals surface area contributed by atoms with E-state index >= 15 is 0 Å². The third-order valence-corrected chi connectivity index (χ3v) is 3.56. The quantitative estimate of drug-likeness (QED) is 0.707. The van der Waals surface area contributed by atoms with Crippen LogP contribution >= 0.6 is 27.5 Å². The molecule has 3 N–H and O–H groups in total. The Hall–Kier alpha value is -1.99. The molecular weight excluding hydrogens is 374 g/mol. The van der Waals surface area contributed by atoms with Gasteiger partial charge in [0.05, 0.1) is 4.47 Å². The number of benzene rings is 1. The molecule has 0 spiro atoms. The van der Waals surface area contributed by atoms with E-state index in [0.29, 0.717) is 20.9 Å². The second kappa shape index (κ2) is 7.33. The normalized spacial score (nSPS) is 11.6. The van der Waals surface area contributed by atoms with E-state index in [1.165, 1.54) is 0 Å². The predicted molar refractivity (Wildman–Crippen MR) is 85.6 cm³/mol. The molecule has 0 radical (unpaired) electrons. The van der Waals surface area contributed by atoms with Crippen LogP contribution in [0.1, 0.15) is 17.4 Å². The van der Waals surface area contributed by atoms with E-state index in [1.54, 1.807) is 43.5 Å². The summed E-state index contributed by atoms with van der Waals surface area (Å²) in [6.45, 7) is 1.57. The third-order valence-electron chi connectivity index (χ3n) is 2.71. The molecular formula is C14H13BrClN3O3. The first-order valence-electron chi connectivity index (χ1n) is 6.32. The number of halogens is 2. The van der Waals surface area contributed by atoms with Gasteiger partial charge < -0.3 is 9.72 Å². The van der Waals surface area contributed by atoms with E-state index in [2.05, 4.69) is 31.8 Å². The van der Waals surface area contributed by atoms with Gasteiger partial charge in [0.2, 0.25) is 0 Å². The third kappa shape index (κ3) is 4.25. The fourth-order valence-corrected chi connectivity index (χ4v) is 2.35. The number of nitrogens with one attached hydrogen (secondary N) is 3. The summed E-state index contributed by atoms with van der Waals surface area (Å²) in [6.07, 6.45) is 0.807. The second-order valence-corrected chi connectivity index (χ2v) is 5.65. The molecule has 2 aromatic rings. The van der Waals surface area contributed by atoms with Crippen LogP contribution in [0.3, 0.4) is 0 Å². The number of hydrazine groups is 1. The monoisotopic (exact) mass is 385 g/mol. The average Bonchev–Trinajstić information content (AvgIpc) is 3.01. The fourth-order valence-electron chi connectivity index (χ4n) is 1.57. The number of amides is 2. The number of ether oxygens (including phenoxy) is 1. The number of carbonyl (C=O) groups excluding carboxylic acids is 2. The molecule has 8 heteroatoms. The largest absolute Gasteiger partial charge is 0.480 e. The van der Waals surface area contributed by atoms with E-state index in [4.69, 9.17) is 16.3 Å². The van der Waals surface area contributed by atoms with Crippen molar-refractivity contribution >= 4 is 39.3 Å². The summed E-state index contributed by atoms with van der Waals surface area (Å²) >= 11 is 9.13. The van der Waals surface area contributed by atoms with Crippen LogP contribution in [0.2, 0.25) is 5.02 Å². The molecule has 1 aromatic heterocycles. The first-order chi connectivity index (χ1) is 10.5. The summed E-state index contributed by atoms with van der Waals surface area (Å²) in [7, 11) is 0. The van der Waals surface area contributed by atoms with Crippen molar-refractivity contribution in [2.45, 2.75) is 13.0 Å². The highest BCUT2D eigenvalue weighted by atomic mass is 79.9. The van der Waals surface area contributed by atoms with Crippen molar-refractivity contribution in [1.29, 1.82) is 0 Å². The van der Waals surface area contributed by atoms with Crippen molar-refractivity contribution in [1.82, 2.24) is 15.8 Å². The van der Waals surface area contributed by atoms with E-state index in [1.807, 2.05) is 0 Å². The van der Waals surface area contributed by atoms with Crippen molar-refractivity contribution in [3.05, 3.63) is 51.7 Å². The Labute approximate surface area is 140 Å². The summed E-state index contributed by atoms with van der Waals surface area (Å²) in [5.41, 5.74) is 4.93. The number of rotatable bonds is 4. The maximum absolute atomic E-state index is 11.9. The van der Waals surface area contributed by atoms with Crippen LogP contribution in [0.15, 0.2) is 41.0 Å². The average molecular weight is 387 g/mol. The Balaban J connectivity index is 1.88. The topological polar surface area (TPSA) is 83.2 Å². The molecule has 22 heavy (non-hydrogen) atoms. The summed E-state index contributed by atoms with van der Waals surface area (Å²) in [4.78, 5) is 26.3. The Morgan fingerprint density at radius 2 is 2.09 bits per heavy atom. The van der Waals surface area contributed by atoms with E-state index in [-0.39, 0.29) is 0 Å². The van der Waals surface area contributed by atoms with Gasteiger partial charge in [0.15, 0.2) is 6.10 Å². The van der Waals surface area contributed by atoms with Gasteiger partial charge in [-0.2, -0.15) is 0 Å². The van der Waals surface area contributed by atoms with Crippen molar-refractivity contribution in [3.63, 3.8) is 0 Å². The first-order valence-corrected chi connectivity index (χ1v) is 7.50. The Bertz CT molecular complexity index is 676. The van der Waals surface area contributed by atoms with E-state index in [9.17, 15) is 9.59 Å². The van der Waals surface area contributed by atoms with Gasteiger partial charge in [-0.3, -0.25) is 20.4 Å². The zero-order valence-electron chi connectivity index (χ0n) is 11.5. The number of hydrogen-bond acceptors (Lipinski definition) is 3. The number of aromatic amines is 1. The van der Waals surface area contributed by atoms with Crippen LogP contribution < -0.4 is 15.6 Å². The minimum Gasteiger partial charge on any atom is -0.480 e. The SMILES string of the molecule is CC(Oc1ccc(Cl)cc1Br)C(=O)NNC(=O)c1ccc[nH]1. The maximum Gasteiger partial charge on any atom is 0.286 e. The minimum atomic E-state index is -0.804. The molecule has 1 atom stereocenters. The molecule has 2 rings (SSSR count). The smallest absolute Gasteiger partial charge is 0.286 e. The molecule has 0 aliphatic carbocycles. The maximum atomic E-state index is 11.9. The fraction of sp³-hybridized carbons (Fsp3) is 0.143. The molecule has 116 valence electrons. The highest BCUT2D eigenvalue weighted by molar-refractivity contribution is 9.10. The van der Waals surface area contributed by atoms with Gasteiger partial charge in [0.1, 0.15) is 11.4 Å². The highest BCUT2D eigenvalue weighted by Crippen LogP contribution is 2.28. The number of H-pyrrole nitrogens is 1. The highest BCUT2D eigenvalue weighted by Gasteiger charge is 2.17. The summed E-state index contributed by atoms with van der Waals surface area (Å²) in [5.74, 6) is -0.456. The molecule has 0 saturated heterocycles. The molecule has 0 fully saturated rings. The standard InChI is InChI=1S/C14H13BrClN3O3/c1-8(22-12-5-4-9(16)7-10(12)15)13(20)18-19-14(21)11-3-2-6-17-11/h2-8,17H,1H3,(H,18,20)(H,19,21). The zero-order valence-corrected chi connectivity index (χ0v) is 13.9. The number of aromatic nitrogens is 1. The molecule has 0 aliphatic rings. The first kappa shape index (κ1) is 16.4. The summed E-state index contributed by atoms with van der Waals surface area (Å²) < 4.78 is 6.14. The second-order valence-electron chi connectivity index (χ2n) is 4.36. The minimum absolute atomic E-state index is 0.342. The molecule has 0 bridgehead atoms. The Morgan fingerprint density at radius 1 is 1.32 bits per heavy atom. The van der Waals surface area contributed by atoms with Gasteiger partial charge in [-0.05, 0) is 53.2 Å². The lowest BCUT2D eigenvalue weighted by Crippen LogP contribution is -2.47. The van der Waals surface area contributed by atoms with Crippen LogP contribution in [0.5, 0.6) is 5.75 Å². The van der Waals surface area contributed by atoms with Crippen molar-refractivity contribution in [3.8, 4) is 5.75 Å². The molecule has 6 nitrogen and oxygen atoms in total. The molecule has 0 aliphatic heterocycles. The van der Waals surface area contributed by atoms with Crippen LogP contribution in [-0.4, -0.2) is 22.9 Å². The van der Waals surface area contributed by atoms with Crippen molar-refractivity contribution in [2.75, 3.05) is 0 Å². The van der Waals surface area contributed by atoms with Crippen molar-refractivity contribution in [2.24, 2.45) is 0 Å². The van der Waals surface area contributed by atoms with Crippen LogP contribution in [-0.2, 0) is 4.79 Å². The zero-order chi connectivity index (χ0) is 16.1. The van der Waals surface area contributed by atoms with Gasteiger partial charge in [-0.1, -0.05) is 11.6 Å². The van der Waals surface area contributed by atoms with E-state index < -0.39 is 17.9 Å². The lowest BCUT2D eigenvalue weighted by atomic mass is 10.3. The summed E-state index contributed by atoms with van der Waals surface area (Å²) in [5, 5.41) is 0.551. The van der Waals surface area contributed by atoms with Crippen LogP contribution in [0.25, 0.3) is 0 Å². The number of hydrogen-bond donors (Lipinski definition) is 3. The predicted octanol–water partition coefficient (Wildman–Crippen LogP) is 2.66. The summed E-state index contributed by atoms with van der Waals surface area (Å²) in [6, 6.07) is 8.23. The molecule has 1 aromatic carbocycles. The van der Waals surface area contributed by atoms with Gasteiger partial charge in [0, 0.05) is 11.2 Å². The van der Waals surface area contributed by atoms with Gasteiger partial charge >= 0.3 is 0 Å².